The van der Waals surface area contributed by atoms with Crippen LogP contribution in [0.4, 0.5) is 4.79 Å². The van der Waals surface area contributed by atoms with Crippen molar-refractivity contribution in [3.63, 3.8) is 0 Å². The van der Waals surface area contributed by atoms with Crippen molar-refractivity contribution in [2.24, 2.45) is 12.0 Å². The zero-order chi connectivity index (χ0) is 21.3. The number of hydrogen-bond donors (Lipinski definition) is 3. The highest BCUT2D eigenvalue weighted by Gasteiger charge is 2.15. The van der Waals surface area contributed by atoms with Gasteiger partial charge in [0, 0.05) is 20.1 Å². The minimum atomic E-state index is -0.518. The Hall–Kier alpha value is -2.37. The number of hydrogen-bond acceptors (Lipinski definition) is 5. The van der Waals surface area contributed by atoms with Gasteiger partial charge in [0.15, 0.2) is 11.8 Å². The molecule has 2 aromatic rings. The fraction of sp³-hybridized carbons (Fsp3) is 0.500. The summed E-state index contributed by atoms with van der Waals surface area (Å²) in [6.07, 6.45) is -0.440. The first-order valence-corrected chi connectivity index (χ1v) is 9.62. The molecule has 2 rings (SSSR count). The molecule has 10 heteroatoms. The molecule has 166 valence electrons. The van der Waals surface area contributed by atoms with Gasteiger partial charge in [-0.25, -0.2) is 9.79 Å². The molecule has 0 aliphatic rings. The first-order valence-electron chi connectivity index (χ1n) is 9.62. The number of nitrogens with zero attached hydrogens (tertiary/aromatic N) is 4. The summed E-state index contributed by atoms with van der Waals surface area (Å²) in [7, 11) is 1.92. The number of carbonyl (C=O) groups is 1. The van der Waals surface area contributed by atoms with Gasteiger partial charge in [0.05, 0.1) is 13.1 Å². The van der Waals surface area contributed by atoms with Gasteiger partial charge in [0.2, 0.25) is 0 Å². The quantitative estimate of drug-likeness (QED) is 0.220. The number of ether oxygens (including phenoxy) is 1. The molecule has 1 heterocycles. The maximum Gasteiger partial charge on any atom is 0.407 e. The maximum absolute atomic E-state index is 11.7. The van der Waals surface area contributed by atoms with Gasteiger partial charge in [-0.2, -0.15) is 0 Å². The Balaban J connectivity index is 0.00000450. The van der Waals surface area contributed by atoms with Gasteiger partial charge < -0.3 is 25.3 Å². The third-order valence-corrected chi connectivity index (χ3v) is 3.94. The second-order valence-corrected chi connectivity index (χ2v) is 7.58. The Kier molecular flexibility index (Phi) is 10.6. The van der Waals surface area contributed by atoms with Gasteiger partial charge in [-0.1, -0.05) is 30.3 Å². The highest BCUT2D eigenvalue weighted by molar-refractivity contribution is 14.0. The average molecular weight is 529 g/mol. The largest absolute Gasteiger partial charge is 0.444 e. The van der Waals surface area contributed by atoms with Gasteiger partial charge in [-0.3, -0.25) is 0 Å². The van der Waals surface area contributed by atoms with E-state index in [-0.39, 0.29) is 24.0 Å². The van der Waals surface area contributed by atoms with E-state index in [1.165, 1.54) is 0 Å². The number of nitrogens with one attached hydrogen (secondary N) is 3. The standard InChI is InChI=1S/C20H31N7O2.HI/c1-15-25-26-17(27(15)5)14-24-18(23-13-16-9-7-6-8-10-16)21-11-12-22-19(28)29-20(2,3)4;/h6-10H,11-14H2,1-5H3,(H,22,28)(H2,21,23,24);1H. The Morgan fingerprint density at radius 2 is 1.77 bits per heavy atom. The summed E-state index contributed by atoms with van der Waals surface area (Å²) in [6.45, 7) is 9.32. The van der Waals surface area contributed by atoms with E-state index in [0.717, 1.165) is 17.2 Å². The van der Waals surface area contributed by atoms with Crippen LogP contribution in [0.2, 0.25) is 0 Å². The normalized spacial score (nSPS) is 11.4. The Bertz CT molecular complexity index is 816. The fourth-order valence-electron chi connectivity index (χ4n) is 2.36. The molecule has 1 amide bonds. The molecule has 3 N–H and O–H groups in total. The summed E-state index contributed by atoms with van der Waals surface area (Å²) in [6, 6.07) is 9.99. The van der Waals surface area contributed by atoms with Crippen molar-refractivity contribution in [3.8, 4) is 0 Å². The van der Waals surface area contributed by atoms with Crippen LogP contribution in [0.15, 0.2) is 35.3 Å². The Morgan fingerprint density at radius 1 is 1.10 bits per heavy atom. The molecule has 0 bridgehead atoms. The lowest BCUT2D eigenvalue weighted by molar-refractivity contribution is 0.0529. The van der Waals surface area contributed by atoms with Crippen molar-refractivity contribution in [1.29, 1.82) is 0 Å². The van der Waals surface area contributed by atoms with Crippen molar-refractivity contribution in [1.82, 2.24) is 30.7 Å². The van der Waals surface area contributed by atoms with Crippen molar-refractivity contribution in [2.75, 3.05) is 13.1 Å². The lowest BCUT2D eigenvalue weighted by atomic mass is 10.2. The summed E-state index contributed by atoms with van der Waals surface area (Å²) < 4.78 is 7.15. The number of aliphatic imine (C=N–C) groups is 1. The van der Waals surface area contributed by atoms with Crippen LogP contribution in [0.3, 0.4) is 0 Å². The molecule has 0 aliphatic carbocycles. The minimum Gasteiger partial charge on any atom is -0.444 e. The lowest BCUT2D eigenvalue weighted by Crippen LogP contribution is -2.42. The Morgan fingerprint density at radius 3 is 2.37 bits per heavy atom. The molecule has 0 aliphatic heterocycles. The molecule has 0 atom stereocenters. The molecule has 0 saturated carbocycles. The van der Waals surface area contributed by atoms with E-state index >= 15 is 0 Å². The zero-order valence-corrected chi connectivity index (χ0v) is 20.6. The van der Waals surface area contributed by atoms with Crippen LogP contribution in [0, 0.1) is 6.92 Å². The zero-order valence-electron chi connectivity index (χ0n) is 18.2. The highest BCUT2D eigenvalue weighted by Crippen LogP contribution is 2.06. The lowest BCUT2D eigenvalue weighted by Gasteiger charge is -2.20. The van der Waals surface area contributed by atoms with E-state index in [4.69, 9.17) is 4.74 Å². The summed E-state index contributed by atoms with van der Waals surface area (Å²) in [5, 5.41) is 17.4. The van der Waals surface area contributed by atoms with Crippen LogP contribution < -0.4 is 16.0 Å². The van der Waals surface area contributed by atoms with Gasteiger partial charge >= 0.3 is 6.09 Å². The van der Waals surface area contributed by atoms with Gasteiger partial charge in [0.1, 0.15) is 11.4 Å². The van der Waals surface area contributed by atoms with Crippen molar-refractivity contribution in [3.05, 3.63) is 47.5 Å². The van der Waals surface area contributed by atoms with E-state index in [1.54, 1.807) is 0 Å². The van der Waals surface area contributed by atoms with E-state index in [1.807, 2.05) is 69.6 Å². The smallest absolute Gasteiger partial charge is 0.407 e. The molecule has 0 fully saturated rings. The molecule has 0 saturated heterocycles. The van der Waals surface area contributed by atoms with Crippen LogP contribution in [-0.4, -0.2) is 45.5 Å². The molecule has 9 nitrogen and oxygen atoms in total. The highest BCUT2D eigenvalue weighted by atomic mass is 127. The molecular weight excluding hydrogens is 497 g/mol. The first-order chi connectivity index (χ1) is 13.7. The average Bonchev–Trinajstić information content (AvgIpc) is 2.98. The SMILES string of the molecule is Cc1nnc(CNC(=NCc2ccccc2)NCCNC(=O)OC(C)(C)C)n1C.I. The monoisotopic (exact) mass is 529 g/mol. The molecule has 30 heavy (non-hydrogen) atoms. The van der Waals surface area contributed by atoms with Gasteiger partial charge in [-0.05, 0) is 33.3 Å². The minimum absolute atomic E-state index is 0. The molecular formula is C20H32IN7O2. The van der Waals surface area contributed by atoms with Crippen LogP contribution >= 0.6 is 24.0 Å². The van der Waals surface area contributed by atoms with Crippen LogP contribution in [-0.2, 0) is 24.9 Å². The van der Waals surface area contributed by atoms with Crippen molar-refractivity contribution < 1.29 is 9.53 Å². The topological polar surface area (TPSA) is 105 Å². The number of guanidine groups is 1. The summed E-state index contributed by atoms with van der Waals surface area (Å²) >= 11 is 0. The number of halogens is 1. The summed E-state index contributed by atoms with van der Waals surface area (Å²) in [5.41, 5.74) is 0.588. The predicted octanol–water partition coefficient (Wildman–Crippen LogP) is 2.50. The number of rotatable bonds is 7. The summed E-state index contributed by atoms with van der Waals surface area (Å²) in [4.78, 5) is 16.4. The van der Waals surface area contributed by atoms with Crippen molar-refractivity contribution >= 4 is 36.0 Å². The third kappa shape index (κ3) is 9.42. The number of aryl methyl sites for hydroxylation is 1. The van der Waals surface area contributed by atoms with Crippen LogP contribution in [0.5, 0.6) is 0 Å². The van der Waals surface area contributed by atoms with E-state index in [9.17, 15) is 4.79 Å². The number of alkyl carbamates (subject to hydrolysis) is 1. The Labute approximate surface area is 195 Å². The third-order valence-electron chi connectivity index (χ3n) is 3.94. The van der Waals surface area contributed by atoms with Crippen molar-refractivity contribution in [2.45, 2.75) is 46.4 Å². The maximum atomic E-state index is 11.7. The second kappa shape index (κ2) is 12.4. The molecule has 0 unspecified atom stereocenters. The van der Waals surface area contributed by atoms with Crippen LogP contribution in [0.25, 0.3) is 0 Å². The second-order valence-electron chi connectivity index (χ2n) is 7.58. The number of amides is 1. The summed E-state index contributed by atoms with van der Waals surface area (Å²) in [5.74, 6) is 2.28. The van der Waals surface area contributed by atoms with E-state index in [0.29, 0.717) is 32.1 Å². The predicted molar refractivity (Wildman–Crippen MR) is 128 cm³/mol. The van der Waals surface area contributed by atoms with Gasteiger partial charge in [0.25, 0.3) is 0 Å². The molecule has 1 aromatic carbocycles. The van der Waals surface area contributed by atoms with E-state index in [2.05, 4.69) is 31.1 Å². The van der Waals surface area contributed by atoms with Gasteiger partial charge in [-0.15, -0.1) is 34.2 Å². The fourth-order valence-corrected chi connectivity index (χ4v) is 2.36. The van der Waals surface area contributed by atoms with Crippen LogP contribution in [0.1, 0.15) is 38.0 Å². The molecule has 1 aromatic heterocycles. The number of aromatic nitrogens is 3. The number of carbonyl (C=O) groups excluding carboxylic acids is 1. The van der Waals surface area contributed by atoms with E-state index < -0.39 is 11.7 Å². The molecule has 0 spiro atoms. The molecule has 0 radical (unpaired) electrons. The first kappa shape index (κ1) is 25.7. The number of benzene rings is 1.